The molecule has 7 bridgehead atoms. The molecule has 0 aromatic heterocycles. The maximum atomic E-state index is 14.8. The first-order chi connectivity index (χ1) is 26.8. The molecule has 1 amide bonds. The van der Waals surface area contributed by atoms with Gasteiger partial charge in [0, 0.05) is 28.8 Å². The van der Waals surface area contributed by atoms with Gasteiger partial charge in [-0.05, 0) is 134 Å². The summed E-state index contributed by atoms with van der Waals surface area (Å²) in [5, 5.41) is 7.73. The molecule has 4 aliphatic heterocycles. The Morgan fingerprint density at radius 1 is 0.782 bits per heavy atom. The second-order valence-electron chi connectivity index (χ2n) is 13.9. The number of carbonyl (C=O) groups excluding carboxylic acids is 1. The molecule has 0 saturated heterocycles. The van der Waals surface area contributed by atoms with Crippen LogP contribution in [-0.2, 0) is 32.1 Å². The van der Waals surface area contributed by atoms with Crippen molar-refractivity contribution in [2.75, 3.05) is 53.6 Å². The first-order valence-electron chi connectivity index (χ1n) is 18.5. The standard InChI is InChI=1S/C44H44ClN3O7/c1-46-18-16-29-21-36(50-2)39-22-28(29)9-6-26-7-14-33(15-8-26)54-38-24-31-20-35-41-30(23-40(52-4)42(53-5)43(41)55-39)17-19-47(35)48(34(31)25-37(38)51-3)44(49)27-10-12-32(45)13-11-27/h7-8,10-15,21-25,35,46H,6,9,16-20H2,1-5H3/t35-/m0/s1. The highest BCUT2D eigenvalue weighted by Gasteiger charge is 2.44. The number of likely N-dealkylation sites (N-methyl/N-ethyl adjacent to an activating group) is 1. The SMILES string of the molecule is CNCCc1cc(OC)c2cc1CCc1ccc(cc1)Oc1cc3c(cc1OC)N(C(=O)c1ccc(Cl)cc1)N1CCc4cc(OC)c(OC)c(c4[C@@H]1C3)O2. The summed E-state index contributed by atoms with van der Waals surface area (Å²) in [7, 11) is 8.48. The van der Waals surface area contributed by atoms with Gasteiger partial charge in [0.25, 0.3) is 5.91 Å². The van der Waals surface area contributed by atoms with E-state index < -0.39 is 0 Å². The van der Waals surface area contributed by atoms with Crippen LogP contribution >= 0.6 is 11.6 Å². The lowest BCUT2D eigenvalue weighted by molar-refractivity contribution is 0.0796. The highest BCUT2D eigenvalue weighted by Crippen LogP contribution is 2.54. The van der Waals surface area contributed by atoms with Gasteiger partial charge in [0.1, 0.15) is 5.75 Å². The van der Waals surface area contributed by atoms with Crippen LogP contribution in [-0.4, -0.2) is 59.5 Å². The number of ether oxygens (including phenoxy) is 6. The third-order valence-corrected chi connectivity index (χ3v) is 11.0. The third-order valence-electron chi connectivity index (χ3n) is 10.8. The molecular weight excluding hydrogens is 718 g/mol. The van der Waals surface area contributed by atoms with Crippen LogP contribution < -0.4 is 38.7 Å². The molecule has 4 heterocycles. The summed E-state index contributed by atoms with van der Waals surface area (Å²) in [5.74, 6) is 4.26. The predicted octanol–water partition coefficient (Wildman–Crippen LogP) is 8.54. The predicted molar refractivity (Wildman–Crippen MR) is 212 cm³/mol. The Hall–Kier alpha value is -5.42. The number of amides is 1. The number of nitrogens with one attached hydrogen (secondary N) is 1. The molecule has 0 aliphatic carbocycles. The number of rotatable bonds is 8. The summed E-state index contributed by atoms with van der Waals surface area (Å²) >= 11 is 6.27. The number of benzene rings is 5. The van der Waals surface area contributed by atoms with E-state index in [0.29, 0.717) is 81.7 Å². The number of hydrogen-bond acceptors (Lipinski definition) is 9. The smallest absolute Gasteiger partial charge is 0.272 e. The molecule has 5 aromatic carbocycles. The van der Waals surface area contributed by atoms with E-state index in [1.165, 1.54) is 11.1 Å². The zero-order valence-corrected chi connectivity index (χ0v) is 32.4. The van der Waals surface area contributed by atoms with Crippen LogP contribution in [0.15, 0.2) is 78.9 Å². The maximum Gasteiger partial charge on any atom is 0.272 e. The lowest BCUT2D eigenvalue weighted by atomic mass is 9.85. The number of hydrazine groups is 1. The van der Waals surface area contributed by atoms with Gasteiger partial charge >= 0.3 is 0 Å². The number of hydrogen-bond donors (Lipinski definition) is 1. The molecule has 10 nitrogen and oxygen atoms in total. The summed E-state index contributed by atoms with van der Waals surface area (Å²) in [4.78, 5) is 14.8. The average Bonchev–Trinajstić information content (AvgIpc) is 3.21. The summed E-state index contributed by atoms with van der Waals surface area (Å²) in [6.07, 6.45) is 3.56. The van der Waals surface area contributed by atoms with Gasteiger partial charge in [-0.3, -0.25) is 4.79 Å². The molecule has 11 heteroatoms. The summed E-state index contributed by atoms with van der Waals surface area (Å²) < 4.78 is 37.6. The minimum atomic E-state index is -0.345. The normalized spacial score (nSPS) is 15.7. The van der Waals surface area contributed by atoms with Gasteiger partial charge in [-0.2, -0.15) is 0 Å². The maximum absolute atomic E-state index is 14.8. The van der Waals surface area contributed by atoms with Crippen LogP contribution in [0.1, 0.15) is 49.8 Å². The van der Waals surface area contributed by atoms with E-state index in [1.54, 1.807) is 57.7 Å². The summed E-state index contributed by atoms with van der Waals surface area (Å²) in [6, 6.07) is 24.9. The fraction of sp³-hybridized carbons (Fsp3) is 0.295. The van der Waals surface area contributed by atoms with Gasteiger partial charge < -0.3 is 33.7 Å². The largest absolute Gasteiger partial charge is 0.493 e. The van der Waals surface area contributed by atoms with Crippen LogP contribution in [0, 0.1) is 0 Å². The first-order valence-corrected chi connectivity index (χ1v) is 18.9. The van der Waals surface area contributed by atoms with E-state index in [1.807, 2.05) is 37.4 Å². The van der Waals surface area contributed by atoms with Crippen molar-refractivity contribution in [3.05, 3.63) is 123 Å². The van der Waals surface area contributed by atoms with E-state index in [2.05, 4.69) is 34.6 Å². The zero-order chi connectivity index (χ0) is 38.2. The van der Waals surface area contributed by atoms with Gasteiger partial charge in [-0.25, -0.2) is 10.0 Å². The van der Waals surface area contributed by atoms with Gasteiger partial charge in [0.2, 0.25) is 5.75 Å². The van der Waals surface area contributed by atoms with E-state index in [9.17, 15) is 4.79 Å². The Labute approximate surface area is 326 Å². The topological polar surface area (TPSA) is 91.0 Å². The Bertz CT molecular complexity index is 2240. The minimum absolute atomic E-state index is 0.203. The number of methoxy groups -OCH3 is 4. The van der Waals surface area contributed by atoms with Gasteiger partial charge in [0.05, 0.1) is 40.2 Å². The molecule has 55 heavy (non-hydrogen) atoms. The molecule has 0 fully saturated rings. The van der Waals surface area contributed by atoms with Crippen molar-refractivity contribution < 1.29 is 33.2 Å². The van der Waals surface area contributed by atoms with Crippen LogP contribution in [0.5, 0.6) is 46.0 Å². The number of anilines is 1. The van der Waals surface area contributed by atoms with Crippen molar-refractivity contribution in [3.8, 4) is 46.0 Å². The van der Waals surface area contributed by atoms with Gasteiger partial charge in [-0.15, -0.1) is 0 Å². The molecule has 5 aromatic rings. The van der Waals surface area contributed by atoms with Crippen LogP contribution in [0.2, 0.25) is 5.02 Å². The number of aryl methyl sites for hydroxylation is 2. The van der Waals surface area contributed by atoms with E-state index in [4.69, 9.17) is 40.0 Å². The molecule has 0 unspecified atom stereocenters. The highest BCUT2D eigenvalue weighted by molar-refractivity contribution is 6.30. The molecule has 284 valence electrons. The second-order valence-corrected chi connectivity index (χ2v) is 14.3. The fourth-order valence-corrected chi connectivity index (χ4v) is 8.14. The second kappa shape index (κ2) is 15.4. The van der Waals surface area contributed by atoms with Gasteiger partial charge in [0.15, 0.2) is 34.5 Å². The molecule has 9 rings (SSSR count). The quantitative estimate of drug-likeness (QED) is 0.167. The summed E-state index contributed by atoms with van der Waals surface area (Å²) in [5.41, 5.74) is 7.56. The fourth-order valence-electron chi connectivity index (χ4n) is 8.01. The molecule has 0 saturated carbocycles. The zero-order valence-electron chi connectivity index (χ0n) is 31.7. The minimum Gasteiger partial charge on any atom is -0.493 e. The lowest BCUT2D eigenvalue weighted by Gasteiger charge is -2.48. The number of fused-ring (bicyclic) bond motifs is 3. The van der Waals surface area contributed by atoms with E-state index >= 15 is 0 Å². The summed E-state index contributed by atoms with van der Waals surface area (Å²) in [6.45, 7) is 1.36. The number of nitrogens with zero attached hydrogens (tertiary/aromatic N) is 2. The molecular formula is C44H44ClN3O7. The van der Waals surface area contributed by atoms with Crippen molar-refractivity contribution in [2.45, 2.75) is 38.1 Å². The Balaban J connectivity index is 1.38. The molecule has 0 spiro atoms. The Kier molecular flexibility index (Phi) is 10.2. The third kappa shape index (κ3) is 6.79. The first kappa shape index (κ1) is 36.6. The van der Waals surface area contributed by atoms with Crippen molar-refractivity contribution in [1.82, 2.24) is 10.3 Å². The average molecular weight is 762 g/mol. The molecule has 1 atom stereocenters. The Morgan fingerprint density at radius 3 is 2.20 bits per heavy atom. The number of carbonyl (C=O) groups is 1. The van der Waals surface area contributed by atoms with Crippen molar-refractivity contribution in [3.63, 3.8) is 0 Å². The highest BCUT2D eigenvalue weighted by atomic mass is 35.5. The van der Waals surface area contributed by atoms with Crippen molar-refractivity contribution in [2.24, 2.45) is 0 Å². The molecule has 4 aliphatic rings. The lowest BCUT2D eigenvalue weighted by Crippen LogP contribution is -2.54. The van der Waals surface area contributed by atoms with E-state index in [0.717, 1.165) is 48.1 Å². The van der Waals surface area contributed by atoms with Crippen LogP contribution in [0.25, 0.3) is 0 Å². The molecule has 1 N–H and O–H groups in total. The van der Waals surface area contributed by atoms with Crippen LogP contribution in [0.4, 0.5) is 5.69 Å². The monoisotopic (exact) mass is 761 g/mol. The molecule has 0 radical (unpaired) electrons. The van der Waals surface area contributed by atoms with Gasteiger partial charge in [-0.1, -0.05) is 23.7 Å². The number of halogens is 1. The van der Waals surface area contributed by atoms with E-state index in [-0.39, 0.29) is 11.9 Å². The van der Waals surface area contributed by atoms with Crippen LogP contribution in [0.3, 0.4) is 0 Å². The van der Waals surface area contributed by atoms with Crippen molar-refractivity contribution >= 4 is 23.2 Å². The van der Waals surface area contributed by atoms with Crippen molar-refractivity contribution in [1.29, 1.82) is 0 Å². The Morgan fingerprint density at radius 2 is 1.49 bits per heavy atom.